The monoisotopic (exact) mass is 492 g/mol. The van der Waals surface area contributed by atoms with Crippen LogP contribution in [-0.4, -0.2) is 37.6 Å². The van der Waals surface area contributed by atoms with Crippen molar-refractivity contribution >= 4 is 78.2 Å². The summed E-state index contributed by atoms with van der Waals surface area (Å²) >= 11 is 13.9. The second-order valence-electron chi connectivity index (χ2n) is 6.72. The van der Waals surface area contributed by atoms with Crippen LogP contribution in [0.25, 0.3) is 10.3 Å². The minimum atomic E-state index is -1.20. The molecule has 2 aromatic heterocycles. The number of hydrogen-bond donors (Lipinski definition) is 2. The van der Waals surface area contributed by atoms with Crippen LogP contribution in [0.3, 0.4) is 0 Å². The average Bonchev–Trinajstić information content (AvgIpc) is 3.13. The van der Waals surface area contributed by atoms with E-state index >= 15 is 0 Å². The zero-order valence-corrected chi connectivity index (χ0v) is 20.0. The molecule has 0 aliphatic rings. The molecule has 11 heteroatoms. The molecular weight excluding hydrogens is 475 g/mol. The third-order valence-corrected chi connectivity index (χ3v) is 7.05. The maximum atomic E-state index is 12.2. The van der Waals surface area contributed by atoms with E-state index < -0.39 is 11.0 Å². The summed E-state index contributed by atoms with van der Waals surface area (Å²) in [6.45, 7) is 1.83. The number of rotatable bonds is 6. The number of anilines is 4. The summed E-state index contributed by atoms with van der Waals surface area (Å²) in [7, 11) is 2.34. The predicted molar refractivity (Wildman–Crippen MR) is 130 cm³/mol. The van der Waals surface area contributed by atoms with Crippen molar-refractivity contribution in [3.05, 3.63) is 58.3 Å². The Kier molecular flexibility index (Phi) is 6.40. The smallest absolute Gasteiger partial charge is 0.190 e. The summed E-state index contributed by atoms with van der Waals surface area (Å²) in [5.74, 6) is 1.20. The van der Waals surface area contributed by atoms with Gasteiger partial charge in [0.05, 0.1) is 20.6 Å². The molecular formula is C20H18Cl2N6OS2. The average molecular weight is 493 g/mol. The molecule has 31 heavy (non-hydrogen) atoms. The maximum Gasteiger partial charge on any atom is 0.190 e. The summed E-state index contributed by atoms with van der Waals surface area (Å²) in [5.41, 5.74) is 2.02. The van der Waals surface area contributed by atoms with Gasteiger partial charge in [-0.1, -0.05) is 40.6 Å². The van der Waals surface area contributed by atoms with Crippen LogP contribution in [0.5, 0.6) is 0 Å². The first-order valence-electron chi connectivity index (χ1n) is 9.14. The molecule has 1 atom stereocenters. The molecule has 0 saturated carbocycles. The Morgan fingerprint density at radius 2 is 1.65 bits per heavy atom. The van der Waals surface area contributed by atoms with E-state index in [-0.39, 0.29) is 0 Å². The lowest BCUT2D eigenvalue weighted by Gasteiger charge is -2.11. The highest BCUT2D eigenvalue weighted by Crippen LogP contribution is 2.36. The van der Waals surface area contributed by atoms with Crippen LogP contribution in [-0.2, 0) is 11.0 Å². The number of para-hydroxylation sites is 1. The number of thiazole rings is 1. The molecule has 0 fully saturated rings. The highest BCUT2D eigenvalue weighted by atomic mass is 35.5. The van der Waals surface area contributed by atoms with Gasteiger partial charge in [0, 0.05) is 5.69 Å². The van der Waals surface area contributed by atoms with Crippen molar-refractivity contribution in [2.45, 2.75) is 11.8 Å². The minimum Gasteiger partial charge on any atom is -0.338 e. The zero-order valence-electron chi connectivity index (χ0n) is 16.8. The summed E-state index contributed by atoms with van der Waals surface area (Å²) in [5, 5.41) is 8.07. The molecule has 4 rings (SSSR count). The van der Waals surface area contributed by atoms with Crippen LogP contribution in [0.2, 0.25) is 10.0 Å². The van der Waals surface area contributed by atoms with Gasteiger partial charge in [0.15, 0.2) is 15.8 Å². The highest BCUT2D eigenvalue weighted by Gasteiger charge is 2.15. The Morgan fingerprint density at radius 3 is 2.29 bits per heavy atom. The van der Waals surface area contributed by atoms with E-state index in [1.54, 1.807) is 36.6 Å². The van der Waals surface area contributed by atoms with Crippen LogP contribution >= 0.6 is 34.5 Å². The maximum absolute atomic E-state index is 12.2. The van der Waals surface area contributed by atoms with Gasteiger partial charge < -0.3 is 10.6 Å². The third kappa shape index (κ3) is 4.81. The SMILES string of the molecule is Cc1nc(Nc2ccc(S(=O)N(C)C)cc2)c2nc(Nc3c(Cl)cccc3Cl)sc2n1. The molecule has 1 unspecified atom stereocenters. The van der Waals surface area contributed by atoms with Crippen molar-refractivity contribution in [1.82, 2.24) is 19.3 Å². The molecule has 0 amide bonds. The summed E-state index contributed by atoms with van der Waals surface area (Å²) in [4.78, 5) is 15.1. The Labute approximate surface area is 196 Å². The van der Waals surface area contributed by atoms with Gasteiger partial charge in [-0.15, -0.1) is 0 Å². The zero-order chi connectivity index (χ0) is 22.1. The first kappa shape index (κ1) is 21.9. The lowest BCUT2D eigenvalue weighted by molar-refractivity contribution is 0.603. The lowest BCUT2D eigenvalue weighted by atomic mass is 10.3. The number of hydrogen-bond acceptors (Lipinski definition) is 7. The van der Waals surface area contributed by atoms with E-state index in [0.29, 0.717) is 38.0 Å². The Morgan fingerprint density at radius 1 is 0.968 bits per heavy atom. The molecule has 0 radical (unpaired) electrons. The van der Waals surface area contributed by atoms with Gasteiger partial charge in [-0.25, -0.2) is 23.5 Å². The van der Waals surface area contributed by atoms with Crippen LogP contribution in [0.4, 0.5) is 22.3 Å². The van der Waals surface area contributed by atoms with Gasteiger partial charge in [-0.2, -0.15) is 0 Å². The molecule has 0 aliphatic heterocycles. The molecule has 2 heterocycles. The molecule has 2 N–H and O–H groups in total. The number of halogens is 2. The second-order valence-corrected chi connectivity index (χ2v) is 10.2. The first-order valence-corrected chi connectivity index (χ1v) is 11.8. The third-order valence-electron chi connectivity index (χ3n) is 4.22. The summed E-state index contributed by atoms with van der Waals surface area (Å²) < 4.78 is 13.8. The van der Waals surface area contributed by atoms with Gasteiger partial charge >= 0.3 is 0 Å². The van der Waals surface area contributed by atoms with E-state index in [9.17, 15) is 4.21 Å². The van der Waals surface area contributed by atoms with Gasteiger partial charge in [-0.3, -0.25) is 0 Å². The quantitative estimate of drug-likeness (QED) is 0.355. The summed E-state index contributed by atoms with van der Waals surface area (Å²) in [6.07, 6.45) is 0. The van der Waals surface area contributed by atoms with Crippen molar-refractivity contribution < 1.29 is 4.21 Å². The van der Waals surface area contributed by atoms with E-state index in [1.165, 1.54) is 11.3 Å². The Balaban J connectivity index is 1.65. The largest absolute Gasteiger partial charge is 0.338 e. The van der Waals surface area contributed by atoms with Crippen molar-refractivity contribution in [1.29, 1.82) is 0 Å². The van der Waals surface area contributed by atoms with Crippen molar-refractivity contribution in [3.63, 3.8) is 0 Å². The molecule has 160 valence electrons. The molecule has 0 saturated heterocycles. The van der Waals surface area contributed by atoms with Crippen molar-refractivity contribution in [2.75, 3.05) is 24.7 Å². The minimum absolute atomic E-state index is 0.502. The number of nitrogens with one attached hydrogen (secondary N) is 2. The fraction of sp³-hybridized carbons (Fsp3) is 0.150. The van der Waals surface area contributed by atoms with Crippen LogP contribution in [0.1, 0.15) is 5.82 Å². The number of aryl methyl sites for hydroxylation is 1. The fourth-order valence-corrected chi connectivity index (χ4v) is 4.97. The molecule has 7 nitrogen and oxygen atoms in total. The van der Waals surface area contributed by atoms with Crippen LogP contribution in [0, 0.1) is 6.92 Å². The van der Waals surface area contributed by atoms with Crippen LogP contribution < -0.4 is 10.6 Å². The van der Waals surface area contributed by atoms with E-state index in [2.05, 4.69) is 25.6 Å². The standard InChI is InChI=1S/C20H18Cl2N6OS2/c1-11-23-18(25-12-7-9-13(10-8-12)31(29)28(2)3)17-19(24-11)30-20(27-17)26-16-14(21)5-4-6-15(16)22/h4-10H,1-3H3,(H,26,27)(H,23,24,25). The molecule has 0 bridgehead atoms. The van der Waals surface area contributed by atoms with Gasteiger partial charge in [0.1, 0.15) is 22.3 Å². The normalized spacial score (nSPS) is 12.3. The molecule has 0 spiro atoms. The first-order chi connectivity index (χ1) is 14.8. The molecule has 0 aliphatic carbocycles. The Hall–Kier alpha value is -2.30. The van der Waals surface area contributed by atoms with E-state index in [4.69, 9.17) is 23.2 Å². The number of aromatic nitrogens is 3. The topological polar surface area (TPSA) is 83.0 Å². The van der Waals surface area contributed by atoms with Crippen molar-refractivity contribution in [3.8, 4) is 0 Å². The van der Waals surface area contributed by atoms with Crippen LogP contribution in [0.15, 0.2) is 47.4 Å². The summed E-state index contributed by atoms with van der Waals surface area (Å²) in [6, 6.07) is 12.6. The van der Waals surface area contributed by atoms with Crippen molar-refractivity contribution in [2.24, 2.45) is 0 Å². The fourth-order valence-electron chi connectivity index (χ4n) is 2.80. The molecule has 4 aromatic rings. The Bertz CT molecular complexity index is 1260. The number of fused-ring (bicyclic) bond motifs is 1. The predicted octanol–water partition coefficient (Wildman–Crippen LogP) is 5.77. The second kappa shape index (κ2) is 9.05. The highest BCUT2D eigenvalue weighted by molar-refractivity contribution is 7.82. The number of nitrogens with zero attached hydrogens (tertiary/aromatic N) is 4. The van der Waals surface area contributed by atoms with Gasteiger partial charge in [-0.05, 0) is 57.4 Å². The van der Waals surface area contributed by atoms with Gasteiger partial charge in [0.25, 0.3) is 0 Å². The van der Waals surface area contributed by atoms with E-state index in [0.717, 1.165) is 15.4 Å². The molecule has 2 aromatic carbocycles. The lowest BCUT2D eigenvalue weighted by Crippen LogP contribution is -2.15. The van der Waals surface area contributed by atoms with Gasteiger partial charge in [0.2, 0.25) is 0 Å². The number of benzene rings is 2. The van der Waals surface area contributed by atoms with E-state index in [1.807, 2.05) is 31.2 Å².